The molecule has 0 amide bonds. The smallest absolute Gasteiger partial charge is 0.167 e. The Morgan fingerprint density at radius 3 is 2.24 bits per heavy atom. The number of thioether (sulfide) groups is 1. The number of carbonyl (C=O) groups is 1. The highest BCUT2D eigenvalue weighted by Gasteiger charge is 2.30. The molecule has 2 aromatic rings. The lowest BCUT2D eigenvalue weighted by molar-refractivity contribution is -0.115. The topological polar surface area (TPSA) is 37.3 Å². The molecular formula is C25H29BrO2S. The molecule has 0 radical (unpaired) electrons. The molecule has 0 saturated heterocycles. The molecule has 2 nitrogen and oxygen atoms in total. The monoisotopic (exact) mass is 472 g/mol. The SMILES string of the molecule is CCc1cc(C)cc(CC)c1C1=C(O)CC(CCSc2ccc(Br)cc2)CC1=O. The maximum atomic E-state index is 13.1. The second-order valence-corrected chi connectivity index (χ2v) is 9.86. The summed E-state index contributed by atoms with van der Waals surface area (Å²) in [5.74, 6) is 1.55. The summed E-state index contributed by atoms with van der Waals surface area (Å²) in [6.45, 7) is 6.33. The van der Waals surface area contributed by atoms with Crippen LogP contribution < -0.4 is 0 Å². The average molecular weight is 473 g/mol. The fourth-order valence-electron chi connectivity index (χ4n) is 4.16. The van der Waals surface area contributed by atoms with Gasteiger partial charge in [0.2, 0.25) is 0 Å². The molecule has 1 aliphatic rings. The number of aryl methyl sites for hydroxylation is 3. The minimum Gasteiger partial charge on any atom is -0.512 e. The summed E-state index contributed by atoms with van der Waals surface area (Å²) in [6, 6.07) is 12.6. The predicted molar refractivity (Wildman–Crippen MR) is 127 cm³/mol. The Hall–Kier alpha value is -1.52. The summed E-state index contributed by atoms with van der Waals surface area (Å²) in [5, 5.41) is 10.9. The molecular weight excluding hydrogens is 444 g/mol. The Morgan fingerprint density at radius 2 is 1.69 bits per heavy atom. The van der Waals surface area contributed by atoms with Crippen LogP contribution in [0.2, 0.25) is 0 Å². The van der Waals surface area contributed by atoms with Crippen LogP contribution in [-0.4, -0.2) is 16.6 Å². The second kappa shape index (κ2) is 9.99. The second-order valence-electron chi connectivity index (χ2n) is 7.78. The lowest BCUT2D eigenvalue weighted by Crippen LogP contribution is -2.21. The van der Waals surface area contributed by atoms with Crippen molar-refractivity contribution in [3.05, 3.63) is 68.9 Å². The molecule has 1 aliphatic carbocycles. The van der Waals surface area contributed by atoms with E-state index in [9.17, 15) is 9.90 Å². The van der Waals surface area contributed by atoms with Crippen LogP contribution >= 0.6 is 27.7 Å². The van der Waals surface area contributed by atoms with Gasteiger partial charge in [-0.15, -0.1) is 11.8 Å². The van der Waals surface area contributed by atoms with Crippen molar-refractivity contribution in [1.29, 1.82) is 0 Å². The van der Waals surface area contributed by atoms with Gasteiger partial charge in [-0.3, -0.25) is 4.79 Å². The van der Waals surface area contributed by atoms with Crippen LogP contribution in [0.5, 0.6) is 0 Å². The van der Waals surface area contributed by atoms with E-state index in [0.717, 1.165) is 35.1 Å². The number of aliphatic hydroxyl groups excluding tert-OH is 1. The number of ketones is 1. The van der Waals surface area contributed by atoms with E-state index in [-0.39, 0.29) is 17.5 Å². The molecule has 1 N–H and O–H groups in total. The van der Waals surface area contributed by atoms with Crippen molar-refractivity contribution in [2.24, 2.45) is 5.92 Å². The van der Waals surface area contributed by atoms with Crippen molar-refractivity contribution in [2.75, 3.05) is 5.75 Å². The molecule has 1 atom stereocenters. The average Bonchev–Trinajstić information content (AvgIpc) is 2.69. The molecule has 0 saturated carbocycles. The third-order valence-corrected chi connectivity index (χ3v) is 7.16. The van der Waals surface area contributed by atoms with E-state index in [1.807, 2.05) is 12.1 Å². The summed E-state index contributed by atoms with van der Waals surface area (Å²) in [5.41, 5.74) is 5.12. The molecule has 3 rings (SSSR count). The molecule has 154 valence electrons. The summed E-state index contributed by atoms with van der Waals surface area (Å²) in [4.78, 5) is 14.3. The Kier molecular flexibility index (Phi) is 7.64. The van der Waals surface area contributed by atoms with Crippen molar-refractivity contribution in [1.82, 2.24) is 0 Å². The molecule has 0 spiro atoms. The maximum absolute atomic E-state index is 13.1. The van der Waals surface area contributed by atoms with Gasteiger partial charge in [-0.05, 0) is 78.8 Å². The molecule has 2 aromatic carbocycles. The number of rotatable bonds is 7. The van der Waals surface area contributed by atoms with Crippen molar-refractivity contribution >= 4 is 39.0 Å². The fourth-order valence-corrected chi connectivity index (χ4v) is 5.44. The van der Waals surface area contributed by atoms with Crippen LogP contribution in [0.15, 0.2) is 51.5 Å². The molecule has 0 aliphatic heterocycles. The van der Waals surface area contributed by atoms with Gasteiger partial charge in [0.1, 0.15) is 5.76 Å². The molecule has 0 fully saturated rings. The number of benzene rings is 2. The highest BCUT2D eigenvalue weighted by atomic mass is 79.9. The zero-order valence-corrected chi connectivity index (χ0v) is 19.8. The maximum Gasteiger partial charge on any atom is 0.167 e. The first kappa shape index (κ1) is 22.2. The van der Waals surface area contributed by atoms with Crippen molar-refractivity contribution in [3.8, 4) is 0 Å². The standard InChI is InChI=1S/C25H29BrO2S/c1-4-18-12-16(3)13-19(5-2)24(18)25-22(27)14-17(15-23(25)28)10-11-29-21-8-6-20(26)7-9-21/h6-9,12-13,17,27H,4-5,10-11,14-15H2,1-3H3. The summed E-state index contributed by atoms with van der Waals surface area (Å²) >= 11 is 5.27. The van der Waals surface area contributed by atoms with Crippen LogP contribution in [0.25, 0.3) is 5.57 Å². The van der Waals surface area contributed by atoms with Gasteiger partial charge < -0.3 is 5.11 Å². The Bertz CT molecular complexity index is 890. The third kappa shape index (κ3) is 5.35. The van der Waals surface area contributed by atoms with E-state index in [4.69, 9.17) is 0 Å². The zero-order chi connectivity index (χ0) is 21.0. The van der Waals surface area contributed by atoms with Crippen molar-refractivity contribution in [2.45, 2.75) is 57.8 Å². The Labute approximate surface area is 186 Å². The number of Topliss-reactive ketones (excluding diaryl/α,β-unsaturated/α-hetero) is 1. The van der Waals surface area contributed by atoms with Crippen molar-refractivity contribution < 1.29 is 9.90 Å². The number of carbonyl (C=O) groups excluding carboxylic acids is 1. The number of allylic oxidation sites excluding steroid dienone is 2. The number of aliphatic hydroxyl groups is 1. The molecule has 0 aromatic heterocycles. The zero-order valence-electron chi connectivity index (χ0n) is 17.4. The first-order chi connectivity index (χ1) is 13.9. The molecule has 29 heavy (non-hydrogen) atoms. The van der Waals surface area contributed by atoms with Crippen LogP contribution in [0.3, 0.4) is 0 Å². The highest BCUT2D eigenvalue weighted by Crippen LogP contribution is 2.38. The number of hydrogen-bond donors (Lipinski definition) is 1. The van der Waals surface area contributed by atoms with Gasteiger partial charge in [0.05, 0.1) is 5.57 Å². The molecule has 1 unspecified atom stereocenters. The minimum atomic E-state index is 0.0978. The summed E-state index contributed by atoms with van der Waals surface area (Å²) in [7, 11) is 0. The van der Waals surface area contributed by atoms with Crippen molar-refractivity contribution in [3.63, 3.8) is 0 Å². The Morgan fingerprint density at radius 1 is 1.07 bits per heavy atom. The molecule has 4 heteroatoms. The lowest BCUT2D eigenvalue weighted by Gasteiger charge is -2.26. The van der Waals surface area contributed by atoms with Gasteiger partial charge >= 0.3 is 0 Å². The number of hydrogen-bond acceptors (Lipinski definition) is 3. The van der Waals surface area contributed by atoms with E-state index in [0.29, 0.717) is 18.4 Å². The largest absolute Gasteiger partial charge is 0.512 e. The summed E-state index contributed by atoms with van der Waals surface area (Å²) in [6.07, 6.45) is 3.78. The molecule has 0 bridgehead atoms. The van der Waals surface area contributed by atoms with Gasteiger partial charge in [0.15, 0.2) is 5.78 Å². The molecule has 0 heterocycles. The van der Waals surface area contributed by atoms with Gasteiger partial charge in [-0.2, -0.15) is 0 Å². The van der Waals surface area contributed by atoms with Crippen LogP contribution in [0.4, 0.5) is 0 Å². The number of halogens is 1. The van der Waals surface area contributed by atoms with Gasteiger partial charge in [-0.25, -0.2) is 0 Å². The normalized spacial score (nSPS) is 17.1. The van der Waals surface area contributed by atoms with Crippen LogP contribution in [0, 0.1) is 12.8 Å². The third-order valence-electron chi connectivity index (χ3n) is 5.59. The quantitative estimate of drug-likeness (QED) is 0.429. The first-order valence-corrected chi connectivity index (χ1v) is 12.2. The predicted octanol–water partition coefficient (Wildman–Crippen LogP) is 7.31. The first-order valence-electron chi connectivity index (χ1n) is 10.4. The van der Waals surface area contributed by atoms with Gasteiger partial charge in [-0.1, -0.05) is 47.5 Å². The minimum absolute atomic E-state index is 0.0978. The Balaban J connectivity index is 1.75. The van der Waals surface area contributed by atoms with Gasteiger partial charge in [0, 0.05) is 22.2 Å². The van der Waals surface area contributed by atoms with Crippen LogP contribution in [0.1, 0.15) is 55.4 Å². The van der Waals surface area contributed by atoms with E-state index in [2.05, 4.69) is 61.0 Å². The van der Waals surface area contributed by atoms with Gasteiger partial charge in [0.25, 0.3) is 0 Å². The van der Waals surface area contributed by atoms with E-state index < -0.39 is 0 Å². The summed E-state index contributed by atoms with van der Waals surface area (Å²) < 4.78 is 1.08. The van der Waals surface area contributed by atoms with E-state index in [1.54, 1.807) is 11.8 Å². The highest BCUT2D eigenvalue weighted by molar-refractivity contribution is 9.10. The van der Waals surface area contributed by atoms with Crippen LogP contribution in [-0.2, 0) is 17.6 Å². The van der Waals surface area contributed by atoms with E-state index in [1.165, 1.54) is 21.6 Å². The fraction of sp³-hybridized carbons (Fsp3) is 0.400. The lowest BCUT2D eigenvalue weighted by atomic mass is 9.79. The van der Waals surface area contributed by atoms with E-state index >= 15 is 0 Å².